The molecule has 1 amide bonds. The molecule has 4 rings (SSSR count). The number of nitrogens with two attached hydrogens (primary N) is 2. The summed E-state index contributed by atoms with van der Waals surface area (Å²) in [7, 11) is 0. The fourth-order valence-electron chi connectivity index (χ4n) is 3.66. The van der Waals surface area contributed by atoms with Crippen LogP contribution in [0.15, 0.2) is 17.3 Å². The van der Waals surface area contributed by atoms with Crippen molar-refractivity contribution in [3.63, 3.8) is 0 Å². The van der Waals surface area contributed by atoms with Crippen molar-refractivity contribution in [2.75, 3.05) is 5.32 Å². The molecule has 2 atom stereocenters. The Morgan fingerprint density at radius 2 is 2.12 bits per heavy atom. The Hall–Kier alpha value is -2.41. The zero-order valence-electron chi connectivity index (χ0n) is 14.9. The Morgan fingerprint density at radius 1 is 1.31 bits per heavy atom. The van der Waals surface area contributed by atoms with Crippen molar-refractivity contribution in [3.8, 4) is 0 Å². The second-order valence-corrected chi connectivity index (χ2v) is 7.40. The number of amides is 1. The van der Waals surface area contributed by atoms with Gasteiger partial charge in [-0.2, -0.15) is 0 Å². The minimum Gasteiger partial charge on any atom is -0.404 e. The van der Waals surface area contributed by atoms with Gasteiger partial charge in [0.1, 0.15) is 5.82 Å². The lowest BCUT2D eigenvalue weighted by atomic mass is 9.91. The Balaban J connectivity index is 1.67. The Labute approximate surface area is 153 Å². The van der Waals surface area contributed by atoms with Crippen LogP contribution >= 0.6 is 0 Å². The molecule has 2 fully saturated rings. The van der Waals surface area contributed by atoms with E-state index in [1.54, 1.807) is 6.21 Å². The highest BCUT2D eigenvalue weighted by Gasteiger charge is 2.28. The molecular formula is C19H26N6O. The number of fused-ring (bicyclic) bond motifs is 1. The van der Waals surface area contributed by atoms with E-state index in [1.165, 1.54) is 19.0 Å². The molecule has 0 unspecified atom stereocenters. The number of carbonyl (C=O) groups is 1. The molecule has 0 aromatic carbocycles. The number of nitrogens with one attached hydrogen (secondary N) is 2. The molecule has 0 saturated heterocycles. The lowest BCUT2D eigenvalue weighted by Gasteiger charge is -2.30. The molecule has 1 aliphatic heterocycles. The van der Waals surface area contributed by atoms with Crippen LogP contribution < -0.4 is 22.1 Å². The highest BCUT2D eigenvalue weighted by Crippen LogP contribution is 2.29. The second kappa shape index (κ2) is 7.07. The zero-order chi connectivity index (χ0) is 18.1. The standard InChI is InChI=1S/C19H26N6O/c20-8-12(10-22-13-5-6-13)18-17-11(9-23-19(17)26)7-16(25-18)24-15-4-2-1-3-14(15)21/h7-8,10,13-15H,1-6,9,20-21H2,(H,23,26)(H,24,25)/t14-,15+/m0/s1. The van der Waals surface area contributed by atoms with Crippen LogP contribution in [0.4, 0.5) is 5.82 Å². The molecule has 1 aromatic rings. The van der Waals surface area contributed by atoms with Gasteiger partial charge < -0.3 is 22.1 Å². The lowest BCUT2D eigenvalue weighted by molar-refractivity contribution is 0.0965. The summed E-state index contributed by atoms with van der Waals surface area (Å²) in [5.74, 6) is 0.638. The van der Waals surface area contributed by atoms with Gasteiger partial charge >= 0.3 is 0 Å². The second-order valence-electron chi connectivity index (χ2n) is 7.40. The highest BCUT2D eigenvalue weighted by atomic mass is 16.1. The smallest absolute Gasteiger partial charge is 0.254 e. The summed E-state index contributed by atoms with van der Waals surface area (Å²) in [6.07, 6.45) is 9.87. The van der Waals surface area contributed by atoms with Gasteiger partial charge in [0.2, 0.25) is 0 Å². The Kier molecular flexibility index (Phi) is 4.63. The molecule has 7 nitrogen and oxygen atoms in total. The van der Waals surface area contributed by atoms with Gasteiger partial charge in [0.15, 0.2) is 0 Å². The average Bonchev–Trinajstić information content (AvgIpc) is 3.39. The number of pyridine rings is 1. The summed E-state index contributed by atoms with van der Waals surface area (Å²) < 4.78 is 0. The topological polar surface area (TPSA) is 118 Å². The number of nitrogens with zero attached hydrogens (tertiary/aromatic N) is 2. The average molecular weight is 354 g/mol. The van der Waals surface area contributed by atoms with Gasteiger partial charge in [-0.15, -0.1) is 0 Å². The molecule has 2 saturated carbocycles. The van der Waals surface area contributed by atoms with Gasteiger partial charge in [-0.25, -0.2) is 4.98 Å². The van der Waals surface area contributed by atoms with Crippen molar-refractivity contribution < 1.29 is 4.79 Å². The van der Waals surface area contributed by atoms with Crippen molar-refractivity contribution in [1.82, 2.24) is 10.3 Å². The number of rotatable bonds is 5. The predicted molar refractivity (Wildman–Crippen MR) is 103 cm³/mol. The van der Waals surface area contributed by atoms with Crippen LogP contribution in [0.2, 0.25) is 0 Å². The van der Waals surface area contributed by atoms with Gasteiger partial charge in [-0.1, -0.05) is 12.8 Å². The van der Waals surface area contributed by atoms with E-state index in [9.17, 15) is 4.79 Å². The van der Waals surface area contributed by atoms with E-state index in [0.717, 1.165) is 37.1 Å². The number of allylic oxidation sites excluding steroid dienone is 1. The minimum atomic E-state index is -0.109. The normalized spacial score (nSPS) is 26.0. The van der Waals surface area contributed by atoms with E-state index in [2.05, 4.69) is 15.6 Å². The molecule has 26 heavy (non-hydrogen) atoms. The molecule has 6 N–H and O–H groups in total. The monoisotopic (exact) mass is 354 g/mol. The molecule has 1 aromatic heterocycles. The van der Waals surface area contributed by atoms with Crippen molar-refractivity contribution >= 4 is 23.5 Å². The first kappa shape index (κ1) is 17.0. The van der Waals surface area contributed by atoms with E-state index in [4.69, 9.17) is 16.5 Å². The maximum Gasteiger partial charge on any atom is 0.254 e. The molecule has 3 aliphatic rings. The Morgan fingerprint density at radius 3 is 2.85 bits per heavy atom. The summed E-state index contributed by atoms with van der Waals surface area (Å²) >= 11 is 0. The third-order valence-electron chi connectivity index (χ3n) is 5.34. The molecular weight excluding hydrogens is 328 g/mol. The first-order chi connectivity index (χ1) is 12.7. The fraction of sp³-hybridized carbons (Fsp3) is 0.526. The number of carbonyl (C=O) groups excluding carboxylic acids is 1. The number of hydrogen-bond acceptors (Lipinski definition) is 6. The van der Waals surface area contributed by atoms with Crippen molar-refractivity contribution in [2.45, 2.75) is 63.2 Å². The largest absolute Gasteiger partial charge is 0.404 e. The van der Waals surface area contributed by atoms with Crippen LogP contribution in [0.25, 0.3) is 5.57 Å². The van der Waals surface area contributed by atoms with Crippen LogP contribution in [0.1, 0.15) is 60.1 Å². The van der Waals surface area contributed by atoms with E-state index < -0.39 is 0 Å². The highest BCUT2D eigenvalue weighted by molar-refractivity contribution is 6.14. The number of aromatic nitrogens is 1. The molecule has 2 aliphatic carbocycles. The molecule has 0 spiro atoms. The van der Waals surface area contributed by atoms with Crippen LogP contribution in [-0.2, 0) is 6.54 Å². The summed E-state index contributed by atoms with van der Waals surface area (Å²) in [6, 6.07) is 2.67. The third-order valence-corrected chi connectivity index (χ3v) is 5.34. The summed E-state index contributed by atoms with van der Waals surface area (Å²) in [6.45, 7) is 0.507. The van der Waals surface area contributed by atoms with E-state index >= 15 is 0 Å². The summed E-state index contributed by atoms with van der Waals surface area (Å²) in [5, 5.41) is 6.36. The lowest BCUT2D eigenvalue weighted by Crippen LogP contribution is -2.42. The van der Waals surface area contributed by atoms with Crippen LogP contribution in [0.3, 0.4) is 0 Å². The molecule has 0 bridgehead atoms. The predicted octanol–water partition coefficient (Wildman–Crippen LogP) is 1.54. The number of hydrogen-bond donors (Lipinski definition) is 4. The minimum absolute atomic E-state index is 0.109. The van der Waals surface area contributed by atoms with Crippen LogP contribution in [0.5, 0.6) is 0 Å². The maximum atomic E-state index is 12.3. The number of anilines is 1. The summed E-state index contributed by atoms with van der Waals surface area (Å²) in [5.41, 5.74) is 14.9. The molecule has 0 radical (unpaired) electrons. The quantitative estimate of drug-likeness (QED) is 0.598. The van der Waals surface area contributed by atoms with Gasteiger partial charge in [0.25, 0.3) is 5.91 Å². The SMILES string of the molecule is NC=C(C=NC1CC1)c1nc(N[C@@H]2CCCC[C@@H]2N)cc2c1C(=O)NC2. The van der Waals surface area contributed by atoms with Gasteiger partial charge in [-0.05, 0) is 37.3 Å². The molecule has 7 heteroatoms. The molecule has 2 heterocycles. The zero-order valence-corrected chi connectivity index (χ0v) is 14.9. The van der Waals surface area contributed by atoms with Crippen LogP contribution in [-0.4, -0.2) is 35.2 Å². The summed E-state index contributed by atoms with van der Waals surface area (Å²) in [4.78, 5) is 21.5. The van der Waals surface area contributed by atoms with Crippen molar-refractivity contribution in [3.05, 3.63) is 29.1 Å². The van der Waals surface area contributed by atoms with Crippen molar-refractivity contribution in [2.24, 2.45) is 16.5 Å². The van der Waals surface area contributed by atoms with Crippen molar-refractivity contribution in [1.29, 1.82) is 0 Å². The molecule has 138 valence electrons. The maximum absolute atomic E-state index is 12.3. The Bertz CT molecular complexity index is 768. The van der Waals surface area contributed by atoms with Gasteiger partial charge in [0, 0.05) is 36.6 Å². The first-order valence-electron chi connectivity index (χ1n) is 9.45. The first-order valence-corrected chi connectivity index (χ1v) is 9.45. The number of aliphatic imine (C=N–C) groups is 1. The van der Waals surface area contributed by atoms with Gasteiger partial charge in [0.05, 0.1) is 17.3 Å². The van der Waals surface area contributed by atoms with E-state index in [1.807, 2.05) is 6.07 Å². The van der Waals surface area contributed by atoms with Crippen LogP contribution in [0, 0.1) is 0 Å². The third kappa shape index (κ3) is 3.44. The fourth-order valence-corrected chi connectivity index (χ4v) is 3.66. The van der Waals surface area contributed by atoms with Gasteiger partial charge in [-0.3, -0.25) is 9.79 Å². The van der Waals surface area contributed by atoms with E-state index in [0.29, 0.717) is 29.4 Å². The van der Waals surface area contributed by atoms with E-state index in [-0.39, 0.29) is 18.0 Å².